The number of thiophene rings is 2. The van der Waals surface area contributed by atoms with Crippen LogP contribution in [0.5, 0.6) is 0 Å². The predicted molar refractivity (Wildman–Crippen MR) is 120 cm³/mol. The molecule has 3 aromatic heterocycles. The van der Waals surface area contributed by atoms with Crippen molar-refractivity contribution in [3.8, 4) is 27.2 Å². The van der Waals surface area contributed by atoms with E-state index in [0.29, 0.717) is 16.4 Å². The van der Waals surface area contributed by atoms with Crippen LogP contribution in [-0.2, 0) is 4.79 Å². The molecule has 8 heteroatoms. The molecule has 144 valence electrons. The van der Waals surface area contributed by atoms with Gasteiger partial charge in [-0.1, -0.05) is 36.0 Å². The zero-order chi connectivity index (χ0) is 20.2. The number of benzene rings is 1. The number of carbonyl (C=O) groups excluding carboxylic acids is 1. The van der Waals surface area contributed by atoms with E-state index in [0.717, 1.165) is 21.1 Å². The highest BCUT2D eigenvalue weighted by atomic mass is 32.2. The molecule has 3 heterocycles. The molecular weight excluding hydrogens is 420 g/mol. The van der Waals surface area contributed by atoms with E-state index in [-0.39, 0.29) is 11.2 Å². The van der Waals surface area contributed by atoms with Gasteiger partial charge in [0.2, 0.25) is 5.91 Å². The summed E-state index contributed by atoms with van der Waals surface area (Å²) in [4.78, 5) is 23.0. The lowest BCUT2D eigenvalue weighted by atomic mass is 10.2. The van der Waals surface area contributed by atoms with Gasteiger partial charge < -0.3 is 10.3 Å². The van der Waals surface area contributed by atoms with E-state index in [1.54, 1.807) is 46.9 Å². The van der Waals surface area contributed by atoms with Gasteiger partial charge >= 0.3 is 0 Å². The van der Waals surface area contributed by atoms with E-state index in [4.69, 9.17) is 4.98 Å². The standard InChI is InChI=1S/C21H16N4OS3/c1-13(20(26)23-15-7-3-2-6-14(15)12-22)29-21-24-18(16-8-4-10-27-16)19(25-21)17-9-5-11-28-17/h2-11,13H,1H3,(H,23,26)(H,24,25)/t13-/m1/s1. The summed E-state index contributed by atoms with van der Waals surface area (Å²) in [6, 6.07) is 17.2. The van der Waals surface area contributed by atoms with Gasteiger partial charge in [0.25, 0.3) is 0 Å². The van der Waals surface area contributed by atoms with E-state index < -0.39 is 0 Å². The number of nitrogens with zero attached hydrogens (tertiary/aromatic N) is 2. The first-order valence-corrected chi connectivity index (χ1v) is 11.4. The van der Waals surface area contributed by atoms with Crippen molar-refractivity contribution < 1.29 is 4.79 Å². The largest absolute Gasteiger partial charge is 0.332 e. The second-order valence-electron chi connectivity index (χ2n) is 6.13. The maximum absolute atomic E-state index is 12.7. The lowest BCUT2D eigenvalue weighted by molar-refractivity contribution is -0.115. The number of rotatable bonds is 6. The molecule has 0 radical (unpaired) electrons. The van der Waals surface area contributed by atoms with E-state index in [1.165, 1.54) is 11.8 Å². The van der Waals surface area contributed by atoms with Crippen molar-refractivity contribution in [1.82, 2.24) is 9.97 Å². The number of hydrogen-bond donors (Lipinski definition) is 2. The van der Waals surface area contributed by atoms with Gasteiger partial charge in [-0.05, 0) is 41.9 Å². The Labute approximate surface area is 180 Å². The Morgan fingerprint density at radius 1 is 1.14 bits per heavy atom. The number of anilines is 1. The van der Waals surface area contributed by atoms with Crippen LogP contribution in [0.15, 0.2) is 64.4 Å². The minimum absolute atomic E-state index is 0.176. The number of thioether (sulfide) groups is 1. The summed E-state index contributed by atoms with van der Waals surface area (Å²) in [6.45, 7) is 1.83. The van der Waals surface area contributed by atoms with Crippen LogP contribution in [0.1, 0.15) is 12.5 Å². The van der Waals surface area contributed by atoms with Crippen LogP contribution in [0.4, 0.5) is 5.69 Å². The minimum atomic E-state index is -0.389. The number of nitriles is 1. The van der Waals surface area contributed by atoms with Gasteiger partial charge in [0.15, 0.2) is 5.16 Å². The molecule has 0 unspecified atom stereocenters. The molecule has 0 aliphatic rings. The summed E-state index contributed by atoms with van der Waals surface area (Å²) in [7, 11) is 0. The third kappa shape index (κ3) is 4.27. The molecule has 4 aromatic rings. The minimum Gasteiger partial charge on any atom is -0.332 e. The Hall–Kier alpha value is -2.86. The molecule has 0 aliphatic carbocycles. The lowest BCUT2D eigenvalue weighted by Gasteiger charge is -2.11. The van der Waals surface area contributed by atoms with E-state index in [9.17, 15) is 10.1 Å². The van der Waals surface area contributed by atoms with Crippen molar-refractivity contribution in [2.24, 2.45) is 0 Å². The normalized spacial score (nSPS) is 11.7. The summed E-state index contributed by atoms with van der Waals surface area (Å²) >= 11 is 4.64. The number of hydrogen-bond acceptors (Lipinski definition) is 6. The SMILES string of the molecule is C[C@@H](Sc1nc(-c2cccs2)c(-c2cccs2)[nH]1)C(=O)Nc1ccccc1C#N. The van der Waals surface area contributed by atoms with Gasteiger partial charge in [-0.15, -0.1) is 22.7 Å². The summed E-state index contributed by atoms with van der Waals surface area (Å²) < 4.78 is 0. The fourth-order valence-electron chi connectivity index (χ4n) is 2.74. The number of nitrogens with one attached hydrogen (secondary N) is 2. The molecule has 1 aromatic carbocycles. The Morgan fingerprint density at radius 2 is 1.86 bits per heavy atom. The van der Waals surface area contributed by atoms with Crippen molar-refractivity contribution in [2.75, 3.05) is 5.32 Å². The highest BCUT2D eigenvalue weighted by Gasteiger charge is 2.21. The molecule has 0 saturated heterocycles. The molecular formula is C21H16N4OS3. The first kappa shape index (κ1) is 19.5. The summed E-state index contributed by atoms with van der Waals surface area (Å²) in [5.41, 5.74) is 2.82. The van der Waals surface area contributed by atoms with Crippen LogP contribution >= 0.6 is 34.4 Å². The molecule has 4 rings (SSSR count). The maximum Gasteiger partial charge on any atom is 0.237 e. The number of aromatic nitrogens is 2. The Balaban J connectivity index is 1.55. The summed E-state index contributed by atoms with van der Waals surface area (Å²) in [5.74, 6) is -0.176. The average molecular weight is 437 g/mol. The Morgan fingerprint density at radius 3 is 2.55 bits per heavy atom. The molecule has 0 spiro atoms. The molecule has 0 fully saturated rings. The first-order valence-electron chi connectivity index (χ1n) is 8.80. The fraction of sp³-hybridized carbons (Fsp3) is 0.0952. The third-order valence-electron chi connectivity index (χ3n) is 4.17. The van der Waals surface area contributed by atoms with Gasteiger partial charge in [0, 0.05) is 0 Å². The topological polar surface area (TPSA) is 81.6 Å². The van der Waals surface area contributed by atoms with E-state index in [2.05, 4.69) is 22.4 Å². The Kier molecular flexibility index (Phi) is 5.81. The summed E-state index contributed by atoms with van der Waals surface area (Å²) in [5, 5.41) is 16.4. The van der Waals surface area contributed by atoms with Gasteiger partial charge in [0.1, 0.15) is 11.8 Å². The van der Waals surface area contributed by atoms with Gasteiger partial charge in [0.05, 0.1) is 31.9 Å². The van der Waals surface area contributed by atoms with Crippen molar-refractivity contribution in [1.29, 1.82) is 5.26 Å². The van der Waals surface area contributed by atoms with Crippen LogP contribution in [0, 0.1) is 11.3 Å². The van der Waals surface area contributed by atoms with E-state index >= 15 is 0 Å². The molecule has 5 nitrogen and oxygen atoms in total. The first-order chi connectivity index (χ1) is 14.2. The lowest BCUT2D eigenvalue weighted by Crippen LogP contribution is -2.23. The summed E-state index contributed by atoms with van der Waals surface area (Å²) in [6.07, 6.45) is 0. The Bertz CT molecular complexity index is 1110. The number of para-hydroxylation sites is 1. The smallest absolute Gasteiger partial charge is 0.237 e. The molecule has 1 atom stereocenters. The molecule has 0 aliphatic heterocycles. The highest BCUT2D eigenvalue weighted by Crippen LogP contribution is 2.37. The fourth-order valence-corrected chi connectivity index (χ4v) is 5.00. The number of H-pyrrole nitrogens is 1. The van der Waals surface area contributed by atoms with Gasteiger partial charge in [-0.2, -0.15) is 5.26 Å². The van der Waals surface area contributed by atoms with E-state index in [1.807, 2.05) is 35.9 Å². The number of aromatic amines is 1. The van der Waals surface area contributed by atoms with Gasteiger partial charge in [-0.25, -0.2) is 4.98 Å². The van der Waals surface area contributed by atoms with Crippen LogP contribution in [0.3, 0.4) is 0 Å². The predicted octanol–water partition coefficient (Wildman–Crippen LogP) is 5.86. The monoisotopic (exact) mass is 436 g/mol. The van der Waals surface area contributed by atoms with Crippen molar-refractivity contribution in [2.45, 2.75) is 17.3 Å². The number of amides is 1. The number of imidazole rings is 1. The van der Waals surface area contributed by atoms with Crippen molar-refractivity contribution in [3.05, 3.63) is 64.9 Å². The van der Waals surface area contributed by atoms with Crippen LogP contribution in [-0.4, -0.2) is 21.1 Å². The maximum atomic E-state index is 12.7. The van der Waals surface area contributed by atoms with Crippen molar-refractivity contribution >= 4 is 46.0 Å². The van der Waals surface area contributed by atoms with Crippen molar-refractivity contribution in [3.63, 3.8) is 0 Å². The zero-order valence-electron chi connectivity index (χ0n) is 15.4. The van der Waals surface area contributed by atoms with Crippen LogP contribution in [0.25, 0.3) is 21.1 Å². The average Bonchev–Trinajstić information content (AvgIpc) is 3.48. The molecule has 29 heavy (non-hydrogen) atoms. The second-order valence-corrected chi connectivity index (χ2v) is 9.35. The second kappa shape index (κ2) is 8.66. The molecule has 2 N–H and O–H groups in total. The van der Waals surface area contributed by atoms with Crippen LogP contribution < -0.4 is 5.32 Å². The quantitative estimate of drug-likeness (QED) is 0.371. The van der Waals surface area contributed by atoms with Crippen LogP contribution in [0.2, 0.25) is 0 Å². The molecule has 1 amide bonds. The highest BCUT2D eigenvalue weighted by molar-refractivity contribution is 8.00. The number of carbonyl (C=O) groups is 1. The molecule has 0 bridgehead atoms. The van der Waals surface area contributed by atoms with Gasteiger partial charge in [-0.3, -0.25) is 4.79 Å². The molecule has 0 saturated carbocycles. The third-order valence-corrected chi connectivity index (χ3v) is 6.92. The zero-order valence-corrected chi connectivity index (χ0v) is 17.8.